The van der Waals surface area contributed by atoms with Crippen LogP contribution in [-0.4, -0.2) is 26.9 Å². The quantitative estimate of drug-likeness (QED) is 0.208. The van der Waals surface area contributed by atoms with E-state index in [2.05, 4.69) is 15.0 Å². The Morgan fingerprint density at radius 3 is 2.50 bits per heavy atom. The number of anilines is 2. The van der Waals surface area contributed by atoms with Crippen molar-refractivity contribution in [3.63, 3.8) is 0 Å². The number of pyridine rings is 1. The van der Waals surface area contributed by atoms with E-state index in [0.717, 1.165) is 29.9 Å². The van der Waals surface area contributed by atoms with Crippen molar-refractivity contribution in [3.05, 3.63) is 89.8 Å². The minimum Gasteiger partial charge on any atom is -0.406 e. The predicted molar refractivity (Wildman–Crippen MR) is 135 cm³/mol. The van der Waals surface area contributed by atoms with Crippen LogP contribution < -0.4 is 15.4 Å². The lowest BCUT2D eigenvalue weighted by molar-refractivity contribution is -0.274. The second-order valence-corrected chi connectivity index (χ2v) is 9.10. The van der Waals surface area contributed by atoms with Crippen LogP contribution in [-0.2, 0) is 0 Å². The van der Waals surface area contributed by atoms with Gasteiger partial charge in [-0.2, -0.15) is 0 Å². The Morgan fingerprint density at radius 1 is 1.00 bits per heavy atom. The van der Waals surface area contributed by atoms with Gasteiger partial charge in [-0.1, -0.05) is 0 Å². The van der Waals surface area contributed by atoms with Gasteiger partial charge in [-0.3, -0.25) is 9.98 Å². The Labute approximate surface area is 214 Å². The van der Waals surface area contributed by atoms with Gasteiger partial charge in [-0.15, -0.1) is 13.2 Å². The number of nitrogens with zero attached hydrogens (tertiary/aromatic N) is 4. The van der Waals surface area contributed by atoms with Crippen molar-refractivity contribution in [3.8, 4) is 22.8 Å². The van der Waals surface area contributed by atoms with Crippen molar-refractivity contribution in [2.45, 2.75) is 32.2 Å². The first-order valence-corrected chi connectivity index (χ1v) is 12.0. The molecular formula is C28H21F4N5O. The first-order chi connectivity index (χ1) is 18.2. The summed E-state index contributed by atoms with van der Waals surface area (Å²) < 4.78 is 58.3. The van der Waals surface area contributed by atoms with E-state index >= 15 is 0 Å². The fourth-order valence-electron chi connectivity index (χ4n) is 4.31. The third-order valence-electron chi connectivity index (χ3n) is 6.23. The van der Waals surface area contributed by atoms with Crippen LogP contribution in [0.25, 0.3) is 28.1 Å². The maximum atomic E-state index is 14.4. The topological polar surface area (TPSA) is 64.3 Å². The van der Waals surface area contributed by atoms with Crippen molar-refractivity contribution in [2.75, 3.05) is 5.32 Å². The number of halogens is 4. The number of alkyl halides is 3. The first-order valence-electron chi connectivity index (χ1n) is 12.0. The van der Waals surface area contributed by atoms with Crippen molar-refractivity contribution >= 4 is 22.4 Å². The van der Waals surface area contributed by atoms with E-state index in [1.807, 2.05) is 31.2 Å². The molecule has 2 heterocycles. The van der Waals surface area contributed by atoms with Gasteiger partial charge in [0.15, 0.2) is 0 Å². The van der Waals surface area contributed by atoms with E-state index in [1.165, 1.54) is 36.4 Å². The number of nitrogens with one attached hydrogen (secondary N) is 1. The second-order valence-electron chi connectivity index (χ2n) is 9.10. The molecule has 38 heavy (non-hydrogen) atoms. The minimum absolute atomic E-state index is 0.209. The summed E-state index contributed by atoms with van der Waals surface area (Å²) in [4.78, 5) is 14.0. The van der Waals surface area contributed by atoms with Gasteiger partial charge in [0.05, 0.1) is 50.9 Å². The standard InChI is InChI=1S/C28H21F4N5O/c1-16-21(3-2-12-33-16)35-23-14-25-27(15-24(23)34-18-5-6-18)37(26-13-17(29)4-11-22(26)36-25)19-7-9-20(10-8-19)38-28(30,31)32/h2-4,7-15,18,35H,5-6H2,1H3/b34-24+. The van der Waals surface area contributed by atoms with Crippen LogP contribution in [0.2, 0.25) is 0 Å². The predicted octanol–water partition coefficient (Wildman–Crippen LogP) is 6.68. The molecule has 2 aromatic carbocycles. The van der Waals surface area contributed by atoms with Gasteiger partial charge >= 0.3 is 6.36 Å². The lowest BCUT2D eigenvalue weighted by Crippen LogP contribution is -2.17. The molecule has 6 rings (SSSR count). The van der Waals surface area contributed by atoms with Crippen molar-refractivity contribution in [1.82, 2.24) is 14.5 Å². The van der Waals surface area contributed by atoms with E-state index in [1.54, 1.807) is 16.8 Å². The van der Waals surface area contributed by atoms with Crippen LogP contribution in [0.4, 0.5) is 28.9 Å². The Morgan fingerprint density at radius 2 is 1.79 bits per heavy atom. The molecule has 1 N–H and O–H groups in total. The molecule has 1 saturated carbocycles. The Bertz CT molecular complexity index is 1690. The van der Waals surface area contributed by atoms with Crippen LogP contribution in [0.15, 0.2) is 77.9 Å². The van der Waals surface area contributed by atoms with E-state index in [0.29, 0.717) is 33.5 Å². The number of aromatic nitrogens is 3. The van der Waals surface area contributed by atoms with Gasteiger partial charge in [-0.25, -0.2) is 9.37 Å². The van der Waals surface area contributed by atoms with Gasteiger partial charge in [0.2, 0.25) is 0 Å². The third kappa shape index (κ3) is 4.89. The molecule has 3 aliphatic rings. The van der Waals surface area contributed by atoms with Crippen LogP contribution in [0.5, 0.6) is 5.75 Å². The second kappa shape index (κ2) is 9.13. The lowest BCUT2D eigenvalue weighted by Gasteiger charge is -2.21. The van der Waals surface area contributed by atoms with Crippen molar-refractivity contribution in [1.29, 1.82) is 0 Å². The molecule has 1 aliphatic heterocycles. The summed E-state index contributed by atoms with van der Waals surface area (Å²) in [6.45, 7) is 1.90. The molecule has 0 atom stereocenters. The number of benzene rings is 3. The maximum Gasteiger partial charge on any atom is 0.573 e. The number of ether oxygens (including phenoxy) is 1. The molecule has 0 saturated heterocycles. The smallest absolute Gasteiger partial charge is 0.406 e. The average Bonchev–Trinajstić information content (AvgIpc) is 3.68. The highest BCUT2D eigenvalue weighted by Crippen LogP contribution is 2.33. The van der Waals surface area contributed by atoms with Crippen LogP contribution in [0, 0.1) is 12.7 Å². The highest BCUT2D eigenvalue weighted by molar-refractivity contribution is 5.84. The van der Waals surface area contributed by atoms with E-state index in [-0.39, 0.29) is 11.8 Å². The zero-order valence-electron chi connectivity index (χ0n) is 20.1. The Hall–Kier alpha value is -4.47. The van der Waals surface area contributed by atoms with E-state index < -0.39 is 12.2 Å². The largest absolute Gasteiger partial charge is 0.573 e. The van der Waals surface area contributed by atoms with E-state index in [4.69, 9.17) is 9.98 Å². The monoisotopic (exact) mass is 519 g/mol. The highest BCUT2D eigenvalue weighted by Gasteiger charge is 2.31. The van der Waals surface area contributed by atoms with Gasteiger partial charge in [-0.05, 0) is 80.4 Å². The summed E-state index contributed by atoms with van der Waals surface area (Å²) >= 11 is 0. The molecule has 0 unspecified atom stereocenters. The molecule has 1 fully saturated rings. The maximum absolute atomic E-state index is 14.4. The van der Waals surface area contributed by atoms with Gasteiger partial charge in [0.1, 0.15) is 11.6 Å². The number of rotatable bonds is 5. The van der Waals surface area contributed by atoms with Gasteiger partial charge in [0, 0.05) is 18.0 Å². The first kappa shape index (κ1) is 23.9. The highest BCUT2D eigenvalue weighted by atomic mass is 19.4. The number of hydrogen-bond donors (Lipinski definition) is 1. The fourth-order valence-corrected chi connectivity index (χ4v) is 4.31. The van der Waals surface area contributed by atoms with E-state index in [9.17, 15) is 17.6 Å². The Kier molecular flexibility index (Phi) is 5.74. The van der Waals surface area contributed by atoms with Crippen LogP contribution in [0.1, 0.15) is 18.5 Å². The summed E-state index contributed by atoms with van der Waals surface area (Å²) in [7, 11) is 0. The fraction of sp³-hybridized carbons (Fsp3) is 0.179. The van der Waals surface area contributed by atoms with Gasteiger partial charge < -0.3 is 14.6 Å². The summed E-state index contributed by atoms with van der Waals surface area (Å²) in [5.74, 6) is -0.809. The van der Waals surface area contributed by atoms with Crippen molar-refractivity contribution in [2.24, 2.45) is 4.99 Å². The lowest BCUT2D eigenvalue weighted by atomic mass is 10.1. The normalized spacial score (nSPS) is 14.3. The summed E-state index contributed by atoms with van der Waals surface area (Å²) in [6.07, 6.45) is -1.10. The molecule has 10 heteroatoms. The molecule has 6 nitrogen and oxygen atoms in total. The molecular weight excluding hydrogens is 498 g/mol. The third-order valence-corrected chi connectivity index (χ3v) is 6.23. The van der Waals surface area contributed by atoms with Crippen LogP contribution in [0.3, 0.4) is 0 Å². The molecule has 0 spiro atoms. The molecule has 3 aromatic rings. The summed E-state index contributed by atoms with van der Waals surface area (Å²) in [6, 6.07) is 17.4. The zero-order chi connectivity index (χ0) is 26.4. The molecule has 2 aliphatic carbocycles. The molecule has 0 amide bonds. The van der Waals surface area contributed by atoms with Gasteiger partial charge in [0.25, 0.3) is 0 Å². The minimum atomic E-state index is -4.80. The SMILES string of the molecule is Cc1ncccc1Nc1cc2nc3ccc(F)cc3n(-c3ccc(OC(F)(F)F)cc3)c-2c/c1=N\C1CC1. The Balaban J connectivity index is 1.58. The molecule has 0 bridgehead atoms. The average molecular weight is 520 g/mol. The van der Waals surface area contributed by atoms with Crippen molar-refractivity contribution < 1.29 is 22.3 Å². The summed E-state index contributed by atoms with van der Waals surface area (Å²) in [5.41, 5.74) is 5.11. The summed E-state index contributed by atoms with van der Waals surface area (Å²) in [5, 5.41) is 4.12. The molecule has 192 valence electrons. The number of fused-ring (bicyclic) bond motifs is 2. The molecule has 0 radical (unpaired) electrons. The van der Waals surface area contributed by atoms with Crippen LogP contribution >= 0.6 is 0 Å². The number of aryl methyl sites for hydroxylation is 1. The number of hydrogen-bond acceptors (Lipinski definition) is 5. The zero-order valence-corrected chi connectivity index (χ0v) is 20.1. The molecule has 1 aromatic heterocycles.